The Balaban J connectivity index is 1.71. The van der Waals surface area contributed by atoms with E-state index in [0.717, 1.165) is 12.3 Å². The fourth-order valence-electron chi connectivity index (χ4n) is 3.88. The quantitative estimate of drug-likeness (QED) is 0.711. The fraction of sp³-hybridized carbons (Fsp3) is 0.565. The van der Waals surface area contributed by atoms with E-state index in [1.807, 2.05) is 39.5 Å². The lowest BCUT2D eigenvalue weighted by atomic mass is 10.0. The van der Waals surface area contributed by atoms with Gasteiger partial charge in [-0.15, -0.1) is 0 Å². The lowest BCUT2D eigenvalue weighted by Gasteiger charge is -2.35. The molecule has 2 aromatic rings. The molecule has 1 N–H and O–H groups in total. The van der Waals surface area contributed by atoms with Crippen molar-refractivity contribution in [2.45, 2.75) is 52.3 Å². The molecule has 0 saturated carbocycles. The molecule has 186 valence electrons. The van der Waals surface area contributed by atoms with E-state index in [2.05, 4.69) is 15.4 Å². The standard InChI is InChI=1S/C23H31F3N6O2/c1-15(2)20-17(13-28-32(20)18-7-6-16(12-27-18)23(24,25)26)21(34)31-10-8-30(9-11-31)14-19(33)29-22(3,4)5/h6-7,12-13,15H,8-11,14H2,1-5H3,(H,29,33). The summed E-state index contributed by atoms with van der Waals surface area (Å²) >= 11 is 0. The molecule has 0 aromatic carbocycles. The smallest absolute Gasteiger partial charge is 0.350 e. The summed E-state index contributed by atoms with van der Waals surface area (Å²) < 4.78 is 40.1. The summed E-state index contributed by atoms with van der Waals surface area (Å²) in [5.74, 6) is -0.154. The lowest BCUT2D eigenvalue weighted by Crippen LogP contribution is -2.52. The van der Waals surface area contributed by atoms with Crippen LogP contribution in [0.2, 0.25) is 0 Å². The van der Waals surface area contributed by atoms with Crippen LogP contribution in [-0.2, 0) is 11.0 Å². The largest absolute Gasteiger partial charge is 0.417 e. The second-order valence-electron chi connectivity index (χ2n) is 9.78. The first-order chi connectivity index (χ1) is 15.8. The van der Waals surface area contributed by atoms with E-state index in [9.17, 15) is 22.8 Å². The van der Waals surface area contributed by atoms with Gasteiger partial charge in [0.25, 0.3) is 5.91 Å². The number of hydrogen-bond acceptors (Lipinski definition) is 5. The second kappa shape index (κ2) is 9.73. The molecule has 1 aliphatic heterocycles. The van der Waals surface area contributed by atoms with E-state index in [1.165, 1.54) is 16.9 Å². The molecule has 0 unspecified atom stereocenters. The van der Waals surface area contributed by atoms with Gasteiger partial charge in [-0.25, -0.2) is 9.67 Å². The van der Waals surface area contributed by atoms with Gasteiger partial charge in [-0.2, -0.15) is 18.3 Å². The van der Waals surface area contributed by atoms with E-state index in [0.29, 0.717) is 37.4 Å². The third-order valence-corrected chi connectivity index (χ3v) is 5.42. The van der Waals surface area contributed by atoms with Crippen molar-refractivity contribution >= 4 is 11.8 Å². The molecule has 0 spiro atoms. The molecule has 34 heavy (non-hydrogen) atoms. The first-order valence-corrected chi connectivity index (χ1v) is 11.2. The molecule has 8 nitrogen and oxygen atoms in total. The van der Waals surface area contributed by atoms with E-state index in [1.54, 1.807) is 4.90 Å². The highest BCUT2D eigenvalue weighted by atomic mass is 19.4. The van der Waals surface area contributed by atoms with Gasteiger partial charge in [0, 0.05) is 37.9 Å². The van der Waals surface area contributed by atoms with Crippen LogP contribution in [0.3, 0.4) is 0 Å². The molecule has 3 heterocycles. The zero-order valence-electron chi connectivity index (χ0n) is 20.1. The van der Waals surface area contributed by atoms with Gasteiger partial charge in [0.1, 0.15) is 0 Å². The van der Waals surface area contributed by atoms with Crippen LogP contribution in [0.15, 0.2) is 24.5 Å². The molecule has 0 aliphatic carbocycles. The van der Waals surface area contributed by atoms with Crippen molar-refractivity contribution < 1.29 is 22.8 Å². The number of rotatable bonds is 5. The van der Waals surface area contributed by atoms with Crippen LogP contribution in [0.5, 0.6) is 0 Å². The molecule has 1 aliphatic rings. The molecule has 2 amide bonds. The monoisotopic (exact) mass is 480 g/mol. The molecule has 1 fully saturated rings. The van der Waals surface area contributed by atoms with Crippen molar-refractivity contribution in [3.8, 4) is 5.82 Å². The lowest BCUT2D eigenvalue weighted by molar-refractivity contribution is -0.137. The van der Waals surface area contributed by atoms with Gasteiger partial charge in [-0.1, -0.05) is 13.8 Å². The topological polar surface area (TPSA) is 83.4 Å². The average Bonchev–Trinajstić information content (AvgIpc) is 3.17. The van der Waals surface area contributed by atoms with Crippen LogP contribution in [-0.4, -0.2) is 74.6 Å². The predicted octanol–water partition coefficient (Wildman–Crippen LogP) is 3.08. The number of amides is 2. The molecular formula is C23H31F3N6O2. The fourth-order valence-corrected chi connectivity index (χ4v) is 3.88. The van der Waals surface area contributed by atoms with Gasteiger partial charge >= 0.3 is 6.18 Å². The zero-order chi connectivity index (χ0) is 25.3. The first-order valence-electron chi connectivity index (χ1n) is 11.2. The molecule has 0 atom stereocenters. The van der Waals surface area contributed by atoms with E-state index in [4.69, 9.17) is 0 Å². The number of halogens is 3. The van der Waals surface area contributed by atoms with Gasteiger partial charge in [0.2, 0.25) is 5.91 Å². The summed E-state index contributed by atoms with van der Waals surface area (Å²) in [6, 6.07) is 2.20. The number of aromatic nitrogens is 3. The van der Waals surface area contributed by atoms with Crippen LogP contribution >= 0.6 is 0 Å². The Morgan fingerprint density at radius 1 is 1.06 bits per heavy atom. The maximum atomic E-state index is 13.3. The maximum Gasteiger partial charge on any atom is 0.417 e. The SMILES string of the molecule is CC(C)c1c(C(=O)N2CCN(CC(=O)NC(C)(C)C)CC2)cnn1-c1ccc(C(F)(F)F)cn1. The number of pyridine rings is 1. The van der Waals surface area contributed by atoms with Gasteiger partial charge in [-0.05, 0) is 38.8 Å². The van der Waals surface area contributed by atoms with Gasteiger partial charge in [-0.3, -0.25) is 14.5 Å². The van der Waals surface area contributed by atoms with Gasteiger partial charge in [0.05, 0.1) is 29.6 Å². The summed E-state index contributed by atoms with van der Waals surface area (Å²) in [4.78, 5) is 33.1. The van der Waals surface area contributed by atoms with E-state index in [-0.39, 0.29) is 35.6 Å². The molecule has 0 radical (unpaired) electrons. The Hall–Kier alpha value is -2.95. The zero-order valence-corrected chi connectivity index (χ0v) is 20.1. The Kier molecular flexibility index (Phi) is 7.35. The maximum absolute atomic E-state index is 13.3. The summed E-state index contributed by atoms with van der Waals surface area (Å²) in [7, 11) is 0. The van der Waals surface area contributed by atoms with Gasteiger partial charge in [0.15, 0.2) is 5.82 Å². The number of carbonyl (C=O) groups is 2. The summed E-state index contributed by atoms with van der Waals surface area (Å²) in [5.41, 5.74) is -0.163. The Morgan fingerprint density at radius 3 is 2.21 bits per heavy atom. The number of nitrogens with zero attached hydrogens (tertiary/aromatic N) is 5. The van der Waals surface area contributed by atoms with Gasteiger partial charge < -0.3 is 10.2 Å². The van der Waals surface area contributed by atoms with Crippen LogP contribution in [0.1, 0.15) is 62.2 Å². The number of piperazine rings is 1. The number of nitrogens with one attached hydrogen (secondary N) is 1. The van der Waals surface area contributed by atoms with Crippen molar-refractivity contribution in [1.82, 2.24) is 29.9 Å². The third-order valence-electron chi connectivity index (χ3n) is 5.42. The summed E-state index contributed by atoms with van der Waals surface area (Å²) in [6.45, 7) is 11.9. The Bertz CT molecular complexity index is 1020. The molecule has 3 rings (SSSR count). The van der Waals surface area contributed by atoms with Crippen molar-refractivity contribution in [1.29, 1.82) is 0 Å². The summed E-state index contributed by atoms with van der Waals surface area (Å²) in [5, 5.41) is 7.20. The highest BCUT2D eigenvalue weighted by Gasteiger charge is 2.32. The average molecular weight is 481 g/mol. The minimum absolute atomic E-state index is 0.0558. The van der Waals surface area contributed by atoms with Crippen LogP contribution < -0.4 is 5.32 Å². The number of alkyl halides is 3. The molecule has 0 bridgehead atoms. The van der Waals surface area contributed by atoms with Crippen LogP contribution in [0, 0.1) is 0 Å². The van der Waals surface area contributed by atoms with E-state index >= 15 is 0 Å². The van der Waals surface area contributed by atoms with E-state index < -0.39 is 11.7 Å². The molecule has 2 aromatic heterocycles. The third kappa shape index (κ3) is 6.13. The minimum atomic E-state index is -4.48. The highest BCUT2D eigenvalue weighted by Crippen LogP contribution is 2.29. The minimum Gasteiger partial charge on any atom is -0.350 e. The predicted molar refractivity (Wildman–Crippen MR) is 121 cm³/mol. The second-order valence-corrected chi connectivity index (χ2v) is 9.78. The number of carbonyl (C=O) groups excluding carboxylic acids is 2. The van der Waals surface area contributed by atoms with Crippen molar-refractivity contribution in [3.05, 3.63) is 41.3 Å². The highest BCUT2D eigenvalue weighted by molar-refractivity contribution is 5.95. The summed E-state index contributed by atoms with van der Waals surface area (Å²) in [6.07, 6.45) is -2.27. The van der Waals surface area contributed by atoms with Crippen LogP contribution in [0.25, 0.3) is 5.82 Å². The van der Waals surface area contributed by atoms with Crippen molar-refractivity contribution in [2.24, 2.45) is 0 Å². The molecule has 11 heteroatoms. The van der Waals surface area contributed by atoms with Crippen molar-refractivity contribution in [3.63, 3.8) is 0 Å². The molecule has 1 saturated heterocycles. The Labute approximate surface area is 197 Å². The number of hydrogen-bond donors (Lipinski definition) is 1. The Morgan fingerprint density at radius 2 is 1.71 bits per heavy atom. The van der Waals surface area contributed by atoms with Crippen molar-refractivity contribution in [2.75, 3.05) is 32.7 Å². The van der Waals surface area contributed by atoms with Crippen LogP contribution in [0.4, 0.5) is 13.2 Å². The normalized spacial score (nSPS) is 15.6. The first kappa shape index (κ1) is 25.7. The molecular weight excluding hydrogens is 449 g/mol.